The van der Waals surface area contributed by atoms with Gasteiger partial charge in [-0.2, -0.15) is 5.10 Å². The number of nitrogens with zero attached hydrogens (tertiary/aromatic N) is 4. The number of halogens is 1. The highest BCUT2D eigenvalue weighted by molar-refractivity contribution is 9.10. The largest absolute Gasteiger partial charge is 0.339 e. The second-order valence-electron chi connectivity index (χ2n) is 5.31. The molecule has 0 aliphatic rings. The average Bonchev–Trinajstić information content (AvgIpc) is 3.04. The molecule has 0 spiro atoms. The number of hydrogen-bond acceptors (Lipinski definition) is 5. The van der Waals surface area contributed by atoms with Crippen molar-refractivity contribution >= 4 is 50.2 Å². The molecule has 7 heteroatoms. The first-order chi connectivity index (χ1) is 12.3. The van der Waals surface area contributed by atoms with E-state index in [2.05, 4.69) is 31.2 Å². The van der Waals surface area contributed by atoms with Gasteiger partial charge in [0.25, 0.3) is 0 Å². The molecule has 2 heterocycles. The average molecular weight is 412 g/mol. The predicted octanol–water partition coefficient (Wildman–Crippen LogP) is 5.04. The number of para-hydroxylation sites is 1. The second-order valence-corrected chi connectivity index (χ2v) is 7.02. The predicted molar refractivity (Wildman–Crippen MR) is 106 cm³/mol. The van der Waals surface area contributed by atoms with E-state index < -0.39 is 0 Å². The van der Waals surface area contributed by atoms with Crippen molar-refractivity contribution in [2.45, 2.75) is 5.03 Å². The molecule has 2 aromatic heterocycles. The molecule has 2 aromatic carbocycles. The topological polar surface area (TPSA) is 55.6 Å². The lowest BCUT2D eigenvalue weighted by Gasteiger charge is -2.07. The second kappa shape index (κ2) is 6.85. The summed E-state index contributed by atoms with van der Waals surface area (Å²) in [4.78, 5) is 8.91. The highest BCUT2D eigenvalue weighted by Gasteiger charge is 2.17. The summed E-state index contributed by atoms with van der Waals surface area (Å²) in [6, 6.07) is 18.0. The van der Waals surface area contributed by atoms with Gasteiger partial charge in [0.15, 0.2) is 5.65 Å². The van der Waals surface area contributed by atoms with Gasteiger partial charge < -0.3 is 5.32 Å². The fourth-order valence-corrected chi connectivity index (χ4v) is 3.40. The Labute approximate surface area is 157 Å². The molecule has 0 aliphatic carbocycles. The Hall–Kier alpha value is -2.38. The lowest BCUT2D eigenvalue weighted by atomic mass is 10.3. The van der Waals surface area contributed by atoms with Gasteiger partial charge >= 0.3 is 0 Å². The van der Waals surface area contributed by atoms with Crippen LogP contribution in [0.15, 0.2) is 70.4 Å². The number of anilines is 2. The van der Waals surface area contributed by atoms with Crippen molar-refractivity contribution in [2.75, 3.05) is 11.6 Å². The first-order valence-corrected chi connectivity index (χ1v) is 9.64. The van der Waals surface area contributed by atoms with Crippen LogP contribution in [0.1, 0.15) is 0 Å². The minimum atomic E-state index is 0.749. The third-order valence-corrected chi connectivity index (χ3v) is 4.93. The number of nitrogens with one attached hydrogen (secondary N) is 1. The summed E-state index contributed by atoms with van der Waals surface area (Å²) >= 11 is 5.03. The van der Waals surface area contributed by atoms with Gasteiger partial charge in [-0.1, -0.05) is 34.1 Å². The summed E-state index contributed by atoms with van der Waals surface area (Å²) in [6.45, 7) is 0. The van der Waals surface area contributed by atoms with E-state index in [4.69, 9.17) is 5.10 Å². The highest BCUT2D eigenvalue weighted by Crippen LogP contribution is 2.32. The van der Waals surface area contributed by atoms with Crippen LogP contribution in [0.25, 0.3) is 16.7 Å². The van der Waals surface area contributed by atoms with E-state index in [1.54, 1.807) is 18.1 Å². The third-order valence-electron chi connectivity index (χ3n) is 3.73. The molecule has 0 unspecified atom stereocenters. The van der Waals surface area contributed by atoms with Crippen LogP contribution in [-0.4, -0.2) is 26.0 Å². The van der Waals surface area contributed by atoms with Crippen molar-refractivity contribution in [2.24, 2.45) is 0 Å². The minimum absolute atomic E-state index is 0.749. The molecule has 5 nitrogen and oxygen atoms in total. The van der Waals surface area contributed by atoms with Crippen LogP contribution in [0.2, 0.25) is 0 Å². The summed E-state index contributed by atoms with van der Waals surface area (Å²) in [6.07, 6.45) is 3.57. The van der Waals surface area contributed by atoms with Crippen molar-refractivity contribution < 1.29 is 0 Å². The van der Waals surface area contributed by atoms with Gasteiger partial charge in [0.1, 0.15) is 17.2 Å². The quantitative estimate of drug-likeness (QED) is 0.476. The van der Waals surface area contributed by atoms with Gasteiger partial charge in [0.05, 0.1) is 11.1 Å². The number of aromatic nitrogens is 4. The van der Waals surface area contributed by atoms with Gasteiger partial charge in [-0.15, -0.1) is 11.8 Å². The maximum Gasteiger partial charge on any atom is 0.169 e. The normalized spacial score (nSPS) is 11.0. The van der Waals surface area contributed by atoms with Crippen molar-refractivity contribution in [1.82, 2.24) is 19.7 Å². The molecular weight excluding hydrogens is 398 g/mol. The Morgan fingerprint density at radius 2 is 1.76 bits per heavy atom. The van der Waals surface area contributed by atoms with E-state index in [1.165, 1.54) is 0 Å². The van der Waals surface area contributed by atoms with Crippen LogP contribution < -0.4 is 5.32 Å². The number of thioether (sulfide) groups is 1. The Morgan fingerprint density at radius 3 is 2.48 bits per heavy atom. The standard InChI is InChI=1S/C18H14BrN5S/c1-25-18-15-16(22-13-9-7-12(19)8-10-13)20-11-21-17(15)24(23-18)14-5-3-2-4-6-14/h2-11H,1H3,(H,20,21,22). The Morgan fingerprint density at radius 1 is 1.00 bits per heavy atom. The Balaban J connectivity index is 1.86. The van der Waals surface area contributed by atoms with Gasteiger partial charge in [-0.05, 0) is 42.7 Å². The zero-order chi connectivity index (χ0) is 17.2. The first kappa shape index (κ1) is 16.1. The van der Waals surface area contributed by atoms with Crippen molar-refractivity contribution in [3.8, 4) is 5.69 Å². The molecule has 0 fully saturated rings. The molecule has 0 radical (unpaired) electrons. The van der Waals surface area contributed by atoms with Gasteiger partial charge in [-0.25, -0.2) is 14.6 Å². The zero-order valence-electron chi connectivity index (χ0n) is 13.3. The van der Waals surface area contributed by atoms with Crippen molar-refractivity contribution in [3.63, 3.8) is 0 Å². The number of hydrogen-bond donors (Lipinski definition) is 1. The van der Waals surface area contributed by atoms with Gasteiger partial charge in [0.2, 0.25) is 0 Å². The number of rotatable bonds is 4. The summed E-state index contributed by atoms with van der Waals surface area (Å²) in [5.41, 5.74) is 2.72. The molecule has 0 aliphatic heterocycles. The smallest absolute Gasteiger partial charge is 0.169 e. The molecule has 124 valence electrons. The lowest BCUT2D eigenvalue weighted by Crippen LogP contribution is -1.99. The van der Waals surface area contributed by atoms with Crippen LogP contribution in [0.5, 0.6) is 0 Å². The molecule has 0 bridgehead atoms. The van der Waals surface area contributed by atoms with Crippen molar-refractivity contribution in [1.29, 1.82) is 0 Å². The summed E-state index contributed by atoms with van der Waals surface area (Å²) < 4.78 is 2.89. The number of benzene rings is 2. The molecular formula is C18H14BrN5S. The van der Waals surface area contributed by atoms with Crippen LogP contribution in [0.3, 0.4) is 0 Å². The molecule has 0 saturated carbocycles. The van der Waals surface area contributed by atoms with Crippen LogP contribution >= 0.6 is 27.7 Å². The van der Waals surface area contributed by atoms with E-state index >= 15 is 0 Å². The Kier molecular flexibility index (Phi) is 4.42. The first-order valence-electron chi connectivity index (χ1n) is 7.62. The molecule has 0 atom stereocenters. The maximum absolute atomic E-state index is 4.72. The fraction of sp³-hybridized carbons (Fsp3) is 0.0556. The third kappa shape index (κ3) is 3.12. The van der Waals surface area contributed by atoms with Crippen molar-refractivity contribution in [3.05, 3.63) is 65.4 Å². The van der Waals surface area contributed by atoms with Gasteiger partial charge in [0, 0.05) is 10.2 Å². The molecule has 4 aromatic rings. The molecule has 0 saturated heterocycles. The Bertz CT molecular complexity index is 1020. The number of fused-ring (bicyclic) bond motifs is 1. The summed E-state index contributed by atoms with van der Waals surface area (Å²) in [5, 5.41) is 9.91. The SMILES string of the molecule is CSc1nn(-c2ccccc2)c2ncnc(Nc3ccc(Br)cc3)c12. The summed E-state index contributed by atoms with van der Waals surface area (Å²) in [7, 11) is 0. The minimum Gasteiger partial charge on any atom is -0.339 e. The van der Waals surface area contributed by atoms with E-state index in [1.807, 2.05) is 65.5 Å². The molecule has 0 amide bonds. The maximum atomic E-state index is 4.72. The summed E-state index contributed by atoms with van der Waals surface area (Å²) in [5.74, 6) is 0.749. The van der Waals surface area contributed by atoms with Gasteiger partial charge in [-0.3, -0.25) is 0 Å². The highest BCUT2D eigenvalue weighted by atomic mass is 79.9. The zero-order valence-corrected chi connectivity index (χ0v) is 15.8. The van der Waals surface area contributed by atoms with Crippen LogP contribution in [-0.2, 0) is 0 Å². The molecule has 25 heavy (non-hydrogen) atoms. The van der Waals surface area contributed by atoms with E-state index in [9.17, 15) is 0 Å². The van der Waals surface area contributed by atoms with Crippen LogP contribution in [0, 0.1) is 0 Å². The fourth-order valence-electron chi connectivity index (χ4n) is 2.58. The van der Waals surface area contributed by atoms with E-state index in [0.717, 1.165) is 37.7 Å². The molecule has 1 N–H and O–H groups in total. The monoisotopic (exact) mass is 411 g/mol. The molecule has 4 rings (SSSR count). The van der Waals surface area contributed by atoms with Crippen LogP contribution in [0.4, 0.5) is 11.5 Å². The van der Waals surface area contributed by atoms with E-state index in [0.29, 0.717) is 0 Å². The lowest BCUT2D eigenvalue weighted by molar-refractivity contribution is 0.852. The van der Waals surface area contributed by atoms with E-state index in [-0.39, 0.29) is 0 Å².